The topological polar surface area (TPSA) is 29.5 Å². The third-order valence-electron chi connectivity index (χ3n) is 4.48. The van der Waals surface area contributed by atoms with E-state index in [2.05, 4.69) is 6.92 Å². The molecule has 1 N–H and O–H groups in total. The van der Waals surface area contributed by atoms with Crippen molar-refractivity contribution in [2.24, 2.45) is 11.8 Å². The summed E-state index contributed by atoms with van der Waals surface area (Å²) < 4.78 is 5.36. The molecular formula is C13H24O2. The molecule has 0 amide bonds. The summed E-state index contributed by atoms with van der Waals surface area (Å²) >= 11 is 0. The molecule has 1 saturated heterocycles. The van der Waals surface area contributed by atoms with Gasteiger partial charge in [-0.3, -0.25) is 0 Å². The molecule has 2 heteroatoms. The molecule has 0 radical (unpaired) electrons. The van der Waals surface area contributed by atoms with Gasteiger partial charge in [0, 0.05) is 13.2 Å². The van der Waals surface area contributed by atoms with Crippen LogP contribution >= 0.6 is 0 Å². The summed E-state index contributed by atoms with van der Waals surface area (Å²) in [6, 6.07) is 0. The fourth-order valence-corrected chi connectivity index (χ4v) is 3.50. The second-order valence-electron chi connectivity index (χ2n) is 5.28. The number of hydrogen-bond donors (Lipinski definition) is 1. The first-order chi connectivity index (χ1) is 7.26. The third kappa shape index (κ3) is 2.36. The van der Waals surface area contributed by atoms with Gasteiger partial charge in [-0.15, -0.1) is 0 Å². The van der Waals surface area contributed by atoms with E-state index in [0.717, 1.165) is 32.0 Å². The Morgan fingerprint density at radius 1 is 1.20 bits per heavy atom. The van der Waals surface area contributed by atoms with E-state index in [4.69, 9.17) is 4.74 Å². The van der Waals surface area contributed by atoms with Gasteiger partial charge < -0.3 is 9.84 Å². The molecule has 1 aliphatic carbocycles. The quantitative estimate of drug-likeness (QED) is 0.762. The van der Waals surface area contributed by atoms with Crippen LogP contribution in [0.25, 0.3) is 0 Å². The maximum Gasteiger partial charge on any atom is 0.0722 e. The lowest BCUT2D eigenvalue weighted by Gasteiger charge is -2.45. The van der Waals surface area contributed by atoms with Gasteiger partial charge in [-0.25, -0.2) is 0 Å². The molecule has 2 rings (SSSR count). The Morgan fingerprint density at radius 2 is 1.87 bits per heavy atom. The van der Waals surface area contributed by atoms with Gasteiger partial charge in [0.2, 0.25) is 0 Å². The van der Waals surface area contributed by atoms with Crippen molar-refractivity contribution >= 4 is 0 Å². The summed E-state index contributed by atoms with van der Waals surface area (Å²) in [6.45, 7) is 3.78. The molecule has 0 aromatic rings. The molecule has 0 aromatic carbocycles. The van der Waals surface area contributed by atoms with E-state index >= 15 is 0 Å². The van der Waals surface area contributed by atoms with Crippen molar-refractivity contribution in [3.63, 3.8) is 0 Å². The highest BCUT2D eigenvalue weighted by Gasteiger charge is 2.42. The molecule has 2 atom stereocenters. The zero-order chi connectivity index (χ0) is 10.7. The van der Waals surface area contributed by atoms with Gasteiger partial charge in [-0.05, 0) is 31.1 Å². The fraction of sp³-hybridized carbons (Fsp3) is 1.00. The third-order valence-corrected chi connectivity index (χ3v) is 4.48. The molecular weight excluding hydrogens is 188 g/mol. The minimum atomic E-state index is -0.403. The van der Waals surface area contributed by atoms with E-state index in [1.165, 1.54) is 32.1 Å². The van der Waals surface area contributed by atoms with Gasteiger partial charge in [-0.1, -0.05) is 32.6 Å². The summed E-state index contributed by atoms with van der Waals surface area (Å²) in [7, 11) is 0. The van der Waals surface area contributed by atoms with E-state index in [-0.39, 0.29) is 0 Å². The second-order valence-corrected chi connectivity index (χ2v) is 5.28. The minimum Gasteiger partial charge on any atom is -0.389 e. The van der Waals surface area contributed by atoms with Crippen LogP contribution < -0.4 is 0 Å². The van der Waals surface area contributed by atoms with Crippen molar-refractivity contribution in [1.82, 2.24) is 0 Å². The van der Waals surface area contributed by atoms with Crippen LogP contribution in [0, 0.1) is 11.8 Å². The van der Waals surface area contributed by atoms with Crippen molar-refractivity contribution < 1.29 is 9.84 Å². The lowest BCUT2D eigenvalue weighted by Crippen LogP contribution is -2.47. The van der Waals surface area contributed by atoms with E-state index in [0.29, 0.717) is 5.92 Å². The number of rotatable bonds is 2. The van der Waals surface area contributed by atoms with E-state index in [1.807, 2.05) is 0 Å². The fourth-order valence-electron chi connectivity index (χ4n) is 3.50. The molecule has 2 aliphatic rings. The summed E-state index contributed by atoms with van der Waals surface area (Å²) in [4.78, 5) is 0. The summed E-state index contributed by atoms with van der Waals surface area (Å²) in [6.07, 6.45) is 8.17. The molecule has 15 heavy (non-hydrogen) atoms. The zero-order valence-electron chi connectivity index (χ0n) is 9.87. The molecule has 1 aliphatic heterocycles. The van der Waals surface area contributed by atoms with Crippen LogP contribution in [-0.4, -0.2) is 23.9 Å². The van der Waals surface area contributed by atoms with Crippen molar-refractivity contribution in [2.45, 2.75) is 57.5 Å². The zero-order valence-corrected chi connectivity index (χ0v) is 9.87. The predicted octanol–water partition coefficient (Wildman–Crippen LogP) is 2.74. The van der Waals surface area contributed by atoms with Crippen molar-refractivity contribution in [3.05, 3.63) is 0 Å². The highest BCUT2D eigenvalue weighted by Crippen LogP contribution is 2.43. The first-order valence-electron chi connectivity index (χ1n) is 6.56. The Balaban J connectivity index is 2.04. The number of hydrogen-bond acceptors (Lipinski definition) is 2. The summed E-state index contributed by atoms with van der Waals surface area (Å²) in [5.74, 6) is 1.29. The molecule has 0 bridgehead atoms. The Morgan fingerprint density at radius 3 is 2.53 bits per heavy atom. The second kappa shape index (κ2) is 4.84. The van der Waals surface area contributed by atoms with Crippen LogP contribution in [0.5, 0.6) is 0 Å². The van der Waals surface area contributed by atoms with Crippen LogP contribution in [0.2, 0.25) is 0 Å². The van der Waals surface area contributed by atoms with Crippen LogP contribution in [0.3, 0.4) is 0 Å². The van der Waals surface area contributed by atoms with Crippen LogP contribution in [0.15, 0.2) is 0 Å². The van der Waals surface area contributed by atoms with Gasteiger partial charge in [-0.2, -0.15) is 0 Å². The van der Waals surface area contributed by atoms with Gasteiger partial charge in [0.05, 0.1) is 5.60 Å². The molecule has 2 unspecified atom stereocenters. The molecule has 2 nitrogen and oxygen atoms in total. The van der Waals surface area contributed by atoms with Crippen LogP contribution in [-0.2, 0) is 4.74 Å². The highest BCUT2D eigenvalue weighted by molar-refractivity contribution is 4.93. The molecule has 0 spiro atoms. The smallest absolute Gasteiger partial charge is 0.0722 e. The summed E-state index contributed by atoms with van der Waals surface area (Å²) in [5.41, 5.74) is -0.403. The van der Waals surface area contributed by atoms with Gasteiger partial charge >= 0.3 is 0 Å². The monoisotopic (exact) mass is 212 g/mol. The molecule has 2 fully saturated rings. The van der Waals surface area contributed by atoms with E-state index in [1.54, 1.807) is 0 Å². The maximum absolute atomic E-state index is 10.7. The Kier molecular flexibility index (Phi) is 3.68. The lowest BCUT2D eigenvalue weighted by atomic mass is 9.66. The maximum atomic E-state index is 10.7. The van der Waals surface area contributed by atoms with Crippen LogP contribution in [0.1, 0.15) is 51.9 Å². The minimum absolute atomic E-state index is 0.403. The Hall–Kier alpha value is -0.0800. The largest absolute Gasteiger partial charge is 0.389 e. The molecule has 1 heterocycles. The first-order valence-corrected chi connectivity index (χ1v) is 6.56. The van der Waals surface area contributed by atoms with Crippen molar-refractivity contribution in [3.8, 4) is 0 Å². The van der Waals surface area contributed by atoms with Gasteiger partial charge in [0.15, 0.2) is 0 Å². The first kappa shape index (κ1) is 11.4. The molecule has 88 valence electrons. The molecule has 0 aromatic heterocycles. The summed E-state index contributed by atoms with van der Waals surface area (Å²) in [5, 5.41) is 10.7. The molecule has 1 saturated carbocycles. The average molecular weight is 212 g/mol. The number of ether oxygens (including phenoxy) is 1. The highest BCUT2D eigenvalue weighted by atomic mass is 16.5. The van der Waals surface area contributed by atoms with Crippen molar-refractivity contribution in [1.29, 1.82) is 0 Å². The standard InChI is InChI=1S/C13H24O2/c1-2-11-5-3-4-6-12(11)13(14)7-9-15-10-8-13/h11-12,14H,2-10H2,1H3. The lowest BCUT2D eigenvalue weighted by molar-refractivity contribution is -0.122. The Bertz CT molecular complexity index is 197. The van der Waals surface area contributed by atoms with E-state index in [9.17, 15) is 5.11 Å². The van der Waals surface area contributed by atoms with Gasteiger partial charge in [0.1, 0.15) is 0 Å². The Labute approximate surface area is 93.0 Å². The predicted molar refractivity (Wildman–Crippen MR) is 60.7 cm³/mol. The average Bonchev–Trinajstić information content (AvgIpc) is 2.30. The number of aliphatic hydroxyl groups is 1. The SMILES string of the molecule is CCC1CCCCC1C1(O)CCOCC1. The van der Waals surface area contributed by atoms with E-state index < -0.39 is 5.60 Å². The normalized spacial score (nSPS) is 36.4. The van der Waals surface area contributed by atoms with Crippen molar-refractivity contribution in [2.75, 3.05) is 13.2 Å². The van der Waals surface area contributed by atoms with Gasteiger partial charge in [0.25, 0.3) is 0 Å². The van der Waals surface area contributed by atoms with Crippen LogP contribution in [0.4, 0.5) is 0 Å².